The predicted molar refractivity (Wildman–Crippen MR) is 56.1 cm³/mol. The summed E-state index contributed by atoms with van der Waals surface area (Å²) in [5.41, 5.74) is 5.87. The van der Waals surface area contributed by atoms with E-state index in [0.717, 1.165) is 0 Å². The Kier molecular flexibility index (Phi) is 2.19. The van der Waals surface area contributed by atoms with Gasteiger partial charge in [0.2, 0.25) is 0 Å². The molecule has 3 nitrogen and oxygen atoms in total. The Balaban J connectivity index is 2.35. The molecular formula is C11H16N2O. The van der Waals surface area contributed by atoms with E-state index in [1.807, 2.05) is 12.4 Å². The molecule has 0 spiro atoms. The number of nitrogens with two attached hydrogens (primary N) is 1. The Morgan fingerprint density at radius 1 is 1.50 bits per heavy atom. The molecule has 1 aromatic rings. The van der Waals surface area contributed by atoms with Crippen molar-refractivity contribution in [2.24, 2.45) is 11.7 Å². The van der Waals surface area contributed by atoms with Crippen LogP contribution in [0.1, 0.15) is 19.8 Å². The van der Waals surface area contributed by atoms with Gasteiger partial charge >= 0.3 is 0 Å². The quantitative estimate of drug-likeness (QED) is 0.774. The van der Waals surface area contributed by atoms with Crippen molar-refractivity contribution in [1.82, 2.24) is 4.57 Å². The van der Waals surface area contributed by atoms with E-state index in [1.165, 1.54) is 12.8 Å². The molecule has 1 atom stereocenters. The average Bonchev–Trinajstić information content (AvgIpc) is 3.01. The maximum atomic E-state index is 11.0. The van der Waals surface area contributed by atoms with Gasteiger partial charge in [0.25, 0.3) is 0 Å². The first-order valence-corrected chi connectivity index (χ1v) is 5.06. The molecule has 1 heterocycles. The predicted octanol–water partition coefficient (Wildman–Crippen LogP) is 0.932. The molecule has 1 aliphatic rings. The van der Waals surface area contributed by atoms with Gasteiger partial charge in [0.15, 0.2) is 5.43 Å². The molecule has 1 saturated carbocycles. The van der Waals surface area contributed by atoms with Crippen LogP contribution in [0.3, 0.4) is 0 Å². The second-order valence-corrected chi connectivity index (χ2v) is 4.28. The Labute approximate surface area is 83.5 Å². The van der Waals surface area contributed by atoms with Crippen molar-refractivity contribution in [3.63, 3.8) is 0 Å². The van der Waals surface area contributed by atoms with Gasteiger partial charge in [-0.05, 0) is 25.7 Å². The summed E-state index contributed by atoms with van der Waals surface area (Å²) in [6.45, 7) is 2.79. The fourth-order valence-electron chi connectivity index (χ4n) is 1.94. The number of aromatic nitrogens is 1. The second-order valence-electron chi connectivity index (χ2n) is 4.28. The summed E-state index contributed by atoms with van der Waals surface area (Å²) in [6, 6.07) is 3.19. The highest BCUT2D eigenvalue weighted by atomic mass is 16.1. The molecule has 0 saturated heterocycles. The van der Waals surface area contributed by atoms with E-state index >= 15 is 0 Å². The highest BCUT2D eigenvalue weighted by molar-refractivity contribution is 5.03. The van der Waals surface area contributed by atoms with Crippen LogP contribution < -0.4 is 11.2 Å². The van der Waals surface area contributed by atoms with Crippen LogP contribution in [0, 0.1) is 5.92 Å². The first kappa shape index (κ1) is 9.46. The Morgan fingerprint density at radius 3 is 2.50 bits per heavy atom. The molecule has 0 amide bonds. The first-order chi connectivity index (χ1) is 6.66. The van der Waals surface area contributed by atoms with E-state index in [9.17, 15) is 4.79 Å². The maximum absolute atomic E-state index is 11.0. The first-order valence-electron chi connectivity index (χ1n) is 5.06. The van der Waals surface area contributed by atoms with E-state index in [-0.39, 0.29) is 11.0 Å². The number of pyridine rings is 1. The van der Waals surface area contributed by atoms with Gasteiger partial charge in [0.05, 0.1) is 5.54 Å². The fraction of sp³-hybridized carbons (Fsp3) is 0.545. The standard InChI is InChI=1S/C11H16N2O/c1-11(8-12,9-2-3-9)13-6-4-10(14)5-7-13/h4-7,9H,2-3,8,12H2,1H3. The Morgan fingerprint density at radius 2 is 2.07 bits per heavy atom. The second kappa shape index (κ2) is 3.24. The Hall–Kier alpha value is -1.09. The van der Waals surface area contributed by atoms with Crippen LogP contribution in [0.15, 0.2) is 29.3 Å². The third kappa shape index (κ3) is 1.48. The zero-order chi connectivity index (χ0) is 10.2. The van der Waals surface area contributed by atoms with E-state index in [2.05, 4.69) is 11.5 Å². The number of nitrogens with zero attached hydrogens (tertiary/aromatic N) is 1. The molecule has 76 valence electrons. The minimum atomic E-state index is -0.00625. The van der Waals surface area contributed by atoms with Crippen LogP contribution in [0.25, 0.3) is 0 Å². The molecule has 0 aromatic carbocycles. The highest BCUT2D eigenvalue weighted by Gasteiger charge is 2.41. The van der Waals surface area contributed by atoms with Crippen molar-refractivity contribution in [1.29, 1.82) is 0 Å². The van der Waals surface area contributed by atoms with Gasteiger partial charge < -0.3 is 10.3 Å². The number of hydrogen-bond donors (Lipinski definition) is 1. The summed E-state index contributed by atoms with van der Waals surface area (Å²) in [6.07, 6.45) is 6.18. The summed E-state index contributed by atoms with van der Waals surface area (Å²) < 4.78 is 2.08. The third-order valence-electron chi connectivity index (χ3n) is 3.26. The SMILES string of the molecule is CC(CN)(C1CC1)n1ccc(=O)cc1. The molecule has 14 heavy (non-hydrogen) atoms. The van der Waals surface area contributed by atoms with Gasteiger partial charge in [0, 0.05) is 31.1 Å². The van der Waals surface area contributed by atoms with Crippen LogP contribution in [0.5, 0.6) is 0 Å². The molecule has 0 aliphatic heterocycles. The lowest BCUT2D eigenvalue weighted by Gasteiger charge is -2.31. The molecule has 0 radical (unpaired) electrons. The van der Waals surface area contributed by atoms with E-state index in [4.69, 9.17) is 5.73 Å². The molecule has 1 unspecified atom stereocenters. The van der Waals surface area contributed by atoms with Crippen molar-refractivity contribution in [3.05, 3.63) is 34.7 Å². The largest absolute Gasteiger partial charge is 0.347 e. The molecule has 2 N–H and O–H groups in total. The normalized spacial score (nSPS) is 20.4. The van der Waals surface area contributed by atoms with Gasteiger partial charge in [-0.15, -0.1) is 0 Å². The zero-order valence-electron chi connectivity index (χ0n) is 8.44. The Bertz CT molecular complexity index is 361. The zero-order valence-corrected chi connectivity index (χ0v) is 8.44. The van der Waals surface area contributed by atoms with Gasteiger partial charge in [-0.3, -0.25) is 4.79 Å². The van der Waals surface area contributed by atoms with Crippen molar-refractivity contribution in [3.8, 4) is 0 Å². The third-order valence-corrected chi connectivity index (χ3v) is 3.26. The van der Waals surface area contributed by atoms with Crippen molar-refractivity contribution < 1.29 is 0 Å². The highest BCUT2D eigenvalue weighted by Crippen LogP contribution is 2.43. The smallest absolute Gasteiger partial charge is 0.181 e. The van der Waals surface area contributed by atoms with Crippen molar-refractivity contribution in [2.45, 2.75) is 25.3 Å². The summed E-state index contributed by atoms with van der Waals surface area (Å²) in [4.78, 5) is 11.0. The summed E-state index contributed by atoms with van der Waals surface area (Å²) in [5.74, 6) is 0.676. The minimum Gasteiger partial charge on any atom is -0.347 e. The van der Waals surface area contributed by atoms with Crippen LogP contribution in [-0.4, -0.2) is 11.1 Å². The maximum Gasteiger partial charge on any atom is 0.181 e. The number of rotatable bonds is 3. The fourth-order valence-corrected chi connectivity index (χ4v) is 1.94. The topological polar surface area (TPSA) is 48.0 Å². The van der Waals surface area contributed by atoms with Crippen molar-refractivity contribution in [2.75, 3.05) is 6.54 Å². The van der Waals surface area contributed by atoms with Crippen LogP contribution in [0.2, 0.25) is 0 Å². The minimum absolute atomic E-state index is 0.00625. The summed E-state index contributed by atoms with van der Waals surface area (Å²) >= 11 is 0. The van der Waals surface area contributed by atoms with Crippen LogP contribution >= 0.6 is 0 Å². The molecule has 1 aromatic heterocycles. The molecule has 1 aliphatic carbocycles. The van der Waals surface area contributed by atoms with E-state index < -0.39 is 0 Å². The van der Waals surface area contributed by atoms with Gasteiger partial charge in [0.1, 0.15) is 0 Å². The molecule has 0 bridgehead atoms. The average molecular weight is 192 g/mol. The lowest BCUT2D eigenvalue weighted by molar-refractivity contribution is 0.279. The van der Waals surface area contributed by atoms with Crippen molar-refractivity contribution >= 4 is 0 Å². The molecule has 1 fully saturated rings. The monoisotopic (exact) mass is 192 g/mol. The lowest BCUT2D eigenvalue weighted by atomic mass is 9.95. The summed E-state index contributed by atoms with van der Waals surface area (Å²) in [5, 5.41) is 0. The van der Waals surface area contributed by atoms with Gasteiger partial charge in [-0.1, -0.05) is 0 Å². The molecule has 2 rings (SSSR count). The van der Waals surface area contributed by atoms with Crippen LogP contribution in [0.4, 0.5) is 0 Å². The van der Waals surface area contributed by atoms with Gasteiger partial charge in [-0.25, -0.2) is 0 Å². The number of hydrogen-bond acceptors (Lipinski definition) is 2. The lowest BCUT2D eigenvalue weighted by Crippen LogP contribution is -2.40. The summed E-state index contributed by atoms with van der Waals surface area (Å²) in [7, 11) is 0. The molecular weight excluding hydrogens is 176 g/mol. The van der Waals surface area contributed by atoms with E-state index in [1.54, 1.807) is 12.1 Å². The van der Waals surface area contributed by atoms with Gasteiger partial charge in [-0.2, -0.15) is 0 Å². The molecule has 3 heteroatoms. The van der Waals surface area contributed by atoms with E-state index in [0.29, 0.717) is 12.5 Å². The van der Waals surface area contributed by atoms with Crippen LogP contribution in [-0.2, 0) is 5.54 Å².